The Morgan fingerprint density at radius 2 is 2.12 bits per heavy atom. The van der Waals surface area contributed by atoms with Gasteiger partial charge in [0.25, 0.3) is 0 Å². The van der Waals surface area contributed by atoms with Crippen molar-refractivity contribution in [2.45, 2.75) is 13.2 Å². The molecule has 0 aliphatic heterocycles. The summed E-state index contributed by atoms with van der Waals surface area (Å²) in [6.07, 6.45) is 2.67. The van der Waals surface area contributed by atoms with Crippen LogP contribution in [-0.4, -0.2) is 22.5 Å². The van der Waals surface area contributed by atoms with Crippen LogP contribution in [0.2, 0.25) is 0 Å². The number of ether oxygens (including phenoxy) is 1. The highest BCUT2D eigenvalue weighted by Gasteiger charge is 2.09. The maximum Gasteiger partial charge on any atom is 0.387 e. The Bertz CT molecular complexity index is 924. The molecule has 0 radical (unpaired) electrons. The van der Waals surface area contributed by atoms with Crippen LogP contribution in [-0.2, 0) is 11.3 Å². The lowest BCUT2D eigenvalue weighted by Crippen LogP contribution is -2.20. The van der Waals surface area contributed by atoms with Crippen molar-refractivity contribution < 1.29 is 18.3 Å². The summed E-state index contributed by atoms with van der Waals surface area (Å²) >= 11 is 3.26. The summed E-state index contributed by atoms with van der Waals surface area (Å²) in [5, 5.41) is 2.68. The monoisotopic (exact) mass is 421 g/mol. The third kappa shape index (κ3) is 4.66. The van der Waals surface area contributed by atoms with Gasteiger partial charge < -0.3 is 15.0 Å². The van der Waals surface area contributed by atoms with Crippen molar-refractivity contribution in [2.75, 3.05) is 0 Å². The van der Waals surface area contributed by atoms with E-state index in [9.17, 15) is 13.6 Å². The molecular formula is C18H14BrF2N3O2. The van der Waals surface area contributed by atoms with E-state index < -0.39 is 6.61 Å². The standard InChI is InChI=1S/C18H14BrF2N3O2/c19-12-6-7-15(26-18(20)21)11(9-12)5-8-17(25)22-10-16-23-13-3-1-2-4-14(13)24-16/h1-9,18H,10H2,(H,22,25)(H,23,24)/b8-5+. The van der Waals surface area contributed by atoms with Crippen LogP contribution in [0, 0.1) is 0 Å². The number of amides is 1. The quantitative estimate of drug-likeness (QED) is 0.584. The fraction of sp³-hybridized carbons (Fsp3) is 0.111. The molecule has 1 aromatic heterocycles. The number of H-pyrrole nitrogens is 1. The van der Waals surface area contributed by atoms with Crippen LogP contribution in [0.4, 0.5) is 8.78 Å². The lowest BCUT2D eigenvalue weighted by Gasteiger charge is -2.08. The fourth-order valence-electron chi connectivity index (χ4n) is 2.34. The summed E-state index contributed by atoms with van der Waals surface area (Å²) in [6.45, 7) is -2.72. The molecule has 0 bridgehead atoms. The number of nitrogens with one attached hydrogen (secondary N) is 2. The van der Waals surface area contributed by atoms with Gasteiger partial charge in [0, 0.05) is 16.1 Å². The largest absolute Gasteiger partial charge is 0.434 e. The first-order chi connectivity index (χ1) is 12.5. The van der Waals surface area contributed by atoms with Gasteiger partial charge in [-0.05, 0) is 36.4 Å². The molecule has 0 aliphatic carbocycles. The third-order valence-corrected chi connectivity index (χ3v) is 3.96. The molecule has 26 heavy (non-hydrogen) atoms. The van der Waals surface area contributed by atoms with Gasteiger partial charge in [-0.3, -0.25) is 4.79 Å². The van der Waals surface area contributed by atoms with Crippen molar-refractivity contribution in [3.63, 3.8) is 0 Å². The molecule has 5 nitrogen and oxygen atoms in total. The van der Waals surface area contributed by atoms with Gasteiger partial charge in [-0.1, -0.05) is 28.1 Å². The Morgan fingerprint density at radius 3 is 2.88 bits per heavy atom. The van der Waals surface area contributed by atoms with Crippen LogP contribution in [0.1, 0.15) is 11.4 Å². The van der Waals surface area contributed by atoms with Gasteiger partial charge in [-0.15, -0.1) is 0 Å². The number of alkyl halides is 2. The molecular weight excluding hydrogens is 408 g/mol. The molecule has 134 valence electrons. The molecule has 0 spiro atoms. The summed E-state index contributed by atoms with van der Waals surface area (Å²) in [4.78, 5) is 19.4. The number of imidazole rings is 1. The van der Waals surface area contributed by atoms with Gasteiger partial charge in [0.2, 0.25) is 5.91 Å². The number of aromatic nitrogens is 2. The zero-order valence-corrected chi connectivity index (χ0v) is 15.0. The molecule has 0 unspecified atom stereocenters. The highest BCUT2D eigenvalue weighted by atomic mass is 79.9. The van der Waals surface area contributed by atoms with Crippen molar-refractivity contribution in [2.24, 2.45) is 0 Å². The molecule has 1 amide bonds. The summed E-state index contributed by atoms with van der Waals surface area (Å²) in [7, 11) is 0. The number of nitrogens with zero attached hydrogens (tertiary/aromatic N) is 1. The minimum Gasteiger partial charge on any atom is -0.434 e. The number of hydrogen-bond donors (Lipinski definition) is 2. The van der Waals surface area contributed by atoms with Crippen LogP contribution in [0.25, 0.3) is 17.1 Å². The second kappa shape index (κ2) is 8.09. The average Bonchev–Trinajstić information content (AvgIpc) is 3.02. The Kier molecular flexibility index (Phi) is 5.62. The van der Waals surface area contributed by atoms with E-state index in [1.54, 1.807) is 12.1 Å². The van der Waals surface area contributed by atoms with E-state index in [4.69, 9.17) is 0 Å². The Morgan fingerprint density at radius 1 is 1.31 bits per heavy atom. The normalized spacial score (nSPS) is 11.4. The van der Waals surface area contributed by atoms with Gasteiger partial charge in [-0.2, -0.15) is 8.78 Å². The molecule has 3 rings (SSSR count). The van der Waals surface area contributed by atoms with E-state index in [0.717, 1.165) is 11.0 Å². The second-order valence-corrected chi connectivity index (χ2v) is 6.23. The predicted octanol–water partition coefficient (Wildman–Crippen LogP) is 4.26. The fourth-order valence-corrected chi connectivity index (χ4v) is 2.72. The number of rotatable bonds is 6. The van der Waals surface area contributed by atoms with Gasteiger partial charge in [0.05, 0.1) is 17.6 Å². The smallest absolute Gasteiger partial charge is 0.387 e. The molecule has 8 heteroatoms. The van der Waals surface area contributed by atoms with E-state index in [1.165, 1.54) is 18.2 Å². The maximum absolute atomic E-state index is 12.4. The number of halogens is 3. The van der Waals surface area contributed by atoms with E-state index in [2.05, 4.69) is 36.0 Å². The van der Waals surface area contributed by atoms with Crippen LogP contribution in [0.5, 0.6) is 5.75 Å². The first kappa shape index (κ1) is 18.1. The van der Waals surface area contributed by atoms with Crippen LogP contribution in [0.15, 0.2) is 53.0 Å². The van der Waals surface area contributed by atoms with Gasteiger partial charge in [-0.25, -0.2) is 4.98 Å². The molecule has 0 saturated heterocycles. The Labute approximate surface area is 156 Å². The number of hydrogen-bond acceptors (Lipinski definition) is 3. The average molecular weight is 422 g/mol. The molecule has 3 aromatic rings. The molecule has 0 saturated carbocycles. The van der Waals surface area contributed by atoms with Gasteiger partial charge >= 0.3 is 6.61 Å². The predicted molar refractivity (Wildman–Crippen MR) is 97.7 cm³/mol. The van der Waals surface area contributed by atoms with Crippen molar-refractivity contribution >= 4 is 38.9 Å². The second-order valence-electron chi connectivity index (χ2n) is 5.31. The number of aromatic amines is 1. The zero-order chi connectivity index (χ0) is 18.5. The third-order valence-electron chi connectivity index (χ3n) is 3.47. The molecule has 0 atom stereocenters. The maximum atomic E-state index is 12.4. The lowest BCUT2D eigenvalue weighted by molar-refractivity contribution is -0.116. The van der Waals surface area contributed by atoms with Crippen molar-refractivity contribution in [1.29, 1.82) is 0 Å². The van der Waals surface area contributed by atoms with E-state index in [1.807, 2.05) is 24.3 Å². The summed E-state index contributed by atoms with van der Waals surface area (Å²) in [6, 6.07) is 12.1. The van der Waals surface area contributed by atoms with E-state index in [0.29, 0.717) is 15.9 Å². The summed E-state index contributed by atoms with van der Waals surface area (Å²) in [5.74, 6) is 0.232. The Hall–Kier alpha value is -2.74. The first-order valence-electron chi connectivity index (χ1n) is 7.65. The molecule has 0 aliphatic rings. The van der Waals surface area contributed by atoms with Crippen molar-refractivity contribution in [3.05, 3.63) is 64.4 Å². The van der Waals surface area contributed by atoms with Crippen molar-refractivity contribution in [3.8, 4) is 5.75 Å². The van der Waals surface area contributed by atoms with Crippen molar-refractivity contribution in [1.82, 2.24) is 15.3 Å². The molecule has 2 aromatic carbocycles. The highest BCUT2D eigenvalue weighted by Crippen LogP contribution is 2.26. The minimum absolute atomic E-state index is 0.00969. The van der Waals surface area contributed by atoms with E-state index >= 15 is 0 Å². The summed E-state index contributed by atoms with van der Waals surface area (Å²) < 4.78 is 30.0. The number of carbonyl (C=O) groups excluding carboxylic acids is 1. The topological polar surface area (TPSA) is 67.0 Å². The number of benzene rings is 2. The first-order valence-corrected chi connectivity index (χ1v) is 8.44. The highest BCUT2D eigenvalue weighted by molar-refractivity contribution is 9.10. The Balaban J connectivity index is 1.65. The van der Waals surface area contributed by atoms with Gasteiger partial charge in [0.1, 0.15) is 11.6 Å². The number of para-hydroxylation sites is 2. The van der Waals surface area contributed by atoms with Crippen LogP contribution < -0.4 is 10.1 Å². The lowest BCUT2D eigenvalue weighted by atomic mass is 10.2. The SMILES string of the molecule is O=C(/C=C/c1cc(Br)ccc1OC(F)F)NCc1nc2ccccc2[nH]1. The van der Waals surface area contributed by atoms with E-state index in [-0.39, 0.29) is 18.2 Å². The zero-order valence-electron chi connectivity index (χ0n) is 13.4. The van der Waals surface area contributed by atoms with Crippen LogP contribution in [0.3, 0.4) is 0 Å². The number of carbonyl (C=O) groups is 1. The van der Waals surface area contributed by atoms with Crippen LogP contribution >= 0.6 is 15.9 Å². The molecule has 2 N–H and O–H groups in total. The molecule has 0 fully saturated rings. The summed E-state index contributed by atoms with van der Waals surface area (Å²) in [5.41, 5.74) is 2.06. The number of fused-ring (bicyclic) bond motifs is 1. The minimum atomic E-state index is -2.94. The molecule has 1 heterocycles. The van der Waals surface area contributed by atoms with Gasteiger partial charge in [0.15, 0.2) is 0 Å².